The summed E-state index contributed by atoms with van der Waals surface area (Å²) in [6.07, 6.45) is 0.548. The first kappa shape index (κ1) is 12.9. The zero-order valence-electron chi connectivity index (χ0n) is 10.3. The van der Waals surface area contributed by atoms with Crippen LogP contribution in [0.15, 0.2) is 18.2 Å². The van der Waals surface area contributed by atoms with E-state index in [4.69, 9.17) is 17.3 Å². The van der Waals surface area contributed by atoms with Crippen molar-refractivity contribution in [1.29, 1.82) is 0 Å². The highest BCUT2D eigenvalue weighted by molar-refractivity contribution is 6.30. The molecule has 1 unspecified atom stereocenters. The van der Waals surface area contributed by atoms with Crippen molar-refractivity contribution in [2.45, 2.75) is 18.9 Å². The van der Waals surface area contributed by atoms with E-state index in [1.54, 1.807) is 6.07 Å². The highest BCUT2D eigenvalue weighted by Crippen LogP contribution is 2.41. The molecule has 0 heterocycles. The fourth-order valence-electron chi connectivity index (χ4n) is 1.85. The number of nitrogens with two attached hydrogens (primary N) is 1. The van der Waals surface area contributed by atoms with Crippen molar-refractivity contribution in [2.75, 3.05) is 7.11 Å². The molecule has 4 heteroatoms. The Morgan fingerprint density at radius 2 is 2.28 bits per heavy atom. The van der Waals surface area contributed by atoms with Crippen LogP contribution in [0.4, 0.5) is 0 Å². The molecule has 2 N–H and O–H groups in total. The molecule has 0 radical (unpaired) electrons. The van der Waals surface area contributed by atoms with Crippen LogP contribution in [0.1, 0.15) is 17.5 Å². The third-order valence-electron chi connectivity index (χ3n) is 3.00. The fraction of sp³-hybridized carbons (Fsp3) is 0.357. The average molecular weight is 264 g/mol. The van der Waals surface area contributed by atoms with E-state index in [1.807, 2.05) is 19.1 Å². The van der Waals surface area contributed by atoms with Gasteiger partial charge in [-0.2, -0.15) is 0 Å². The Hall–Kier alpha value is -1.50. The minimum atomic E-state index is -0.921. The van der Waals surface area contributed by atoms with Crippen molar-refractivity contribution in [1.82, 2.24) is 0 Å². The largest absolute Gasteiger partial charge is 0.468 e. The molecule has 1 aliphatic rings. The number of esters is 1. The summed E-state index contributed by atoms with van der Waals surface area (Å²) in [6.45, 7) is 1.95. The molecule has 18 heavy (non-hydrogen) atoms. The van der Waals surface area contributed by atoms with Crippen LogP contribution >= 0.6 is 11.6 Å². The van der Waals surface area contributed by atoms with E-state index in [1.165, 1.54) is 7.11 Å². The average Bonchev–Trinajstić information content (AvgIpc) is 2.97. The zero-order valence-corrected chi connectivity index (χ0v) is 11.0. The molecule has 2 rings (SSSR count). The summed E-state index contributed by atoms with van der Waals surface area (Å²) in [5, 5.41) is 0.655. The van der Waals surface area contributed by atoms with Gasteiger partial charge in [0.15, 0.2) is 0 Å². The topological polar surface area (TPSA) is 52.3 Å². The minimum Gasteiger partial charge on any atom is -0.468 e. The Morgan fingerprint density at radius 3 is 2.89 bits per heavy atom. The lowest BCUT2D eigenvalue weighted by Crippen LogP contribution is -2.36. The Kier molecular flexibility index (Phi) is 3.34. The Morgan fingerprint density at radius 1 is 1.56 bits per heavy atom. The number of hydrogen-bond donors (Lipinski definition) is 1. The molecule has 94 valence electrons. The van der Waals surface area contributed by atoms with Gasteiger partial charge in [0.2, 0.25) is 0 Å². The predicted molar refractivity (Wildman–Crippen MR) is 70.1 cm³/mol. The molecule has 2 atom stereocenters. The number of rotatable bonds is 1. The summed E-state index contributed by atoms with van der Waals surface area (Å²) in [4.78, 5) is 11.4. The van der Waals surface area contributed by atoms with Crippen molar-refractivity contribution < 1.29 is 9.53 Å². The summed E-state index contributed by atoms with van der Waals surface area (Å²) in [5.41, 5.74) is 6.83. The van der Waals surface area contributed by atoms with E-state index < -0.39 is 11.5 Å². The molecule has 0 bridgehead atoms. The van der Waals surface area contributed by atoms with E-state index in [9.17, 15) is 4.79 Å². The third-order valence-corrected chi connectivity index (χ3v) is 3.22. The van der Waals surface area contributed by atoms with E-state index in [0.29, 0.717) is 11.4 Å². The van der Waals surface area contributed by atoms with Crippen LogP contribution in [0, 0.1) is 24.7 Å². The van der Waals surface area contributed by atoms with Crippen LogP contribution in [-0.2, 0) is 9.53 Å². The maximum atomic E-state index is 11.4. The molecular weight excluding hydrogens is 250 g/mol. The quantitative estimate of drug-likeness (QED) is 0.622. The molecular formula is C14H14ClNO2. The molecule has 1 fully saturated rings. The summed E-state index contributed by atoms with van der Waals surface area (Å²) >= 11 is 5.94. The number of benzene rings is 1. The van der Waals surface area contributed by atoms with Gasteiger partial charge in [-0.3, -0.25) is 4.79 Å². The van der Waals surface area contributed by atoms with Crippen molar-refractivity contribution in [3.05, 3.63) is 34.3 Å². The van der Waals surface area contributed by atoms with Crippen LogP contribution in [0.5, 0.6) is 0 Å². The lowest BCUT2D eigenvalue weighted by Gasteiger charge is -2.04. The summed E-state index contributed by atoms with van der Waals surface area (Å²) < 4.78 is 4.64. The molecule has 0 amide bonds. The normalized spacial score (nSPS) is 25.0. The molecule has 3 nitrogen and oxygen atoms in total. The minimum absolute atomic E-state index is 0.135. The first-order valence-corrected chi connectivity index (χ1v) is 5.99. The van der Waals surface area contributed by atoms with Gasteiger partial charge >= 0.3 is 5.97 Å². The molecule has 1 saturated carbocycles. The first-order chi connectivity index (χ1) is 8.45. The molecule has 0 aliphatic heterocycles. The lowest BCUT2D eigenvalue weighted by molar-refractivity contribution is -0.143. The highest BCUT2D eigenvalue weighted by Gasteiger charge is 2.57. The molecule has 1 aromatic carbocycles. The van der Waals surface area contributed by atoms with Gasteiger partial charge in [-0.25, -0.2) is 0 Å². The SMILES string of the molecule is COC(=O)C1(N)C[C@H]1C#Cc1cc(C)cc(Cl)c1. The maximum absolute atomic E-state index is 11.4. The van der Waals surface area contributed by atoms with Gasteiger partial charge in [-0.05, 0) is 37.1 Å². The second-order valence-electron chi connectivity index (χ2n) is 4.58. The summed E-state index contributed by atoms with van der Waals surface area (Å²) in [5.74, 6) is 5.46. The standard InChI is InChI=1S/C14H14ClNO2/c1-9-5-10(7-12(15)6-9)3-4-11-8-14(11,16)13(17)18-2/h5-7,11H,8,16H2,1-2H3/t11-,14?/m1/s1. The third kappa shape index (κ3) is 2.50. The van der Waals surface area contributed by atoms with Gasteiger partial charge in [0.1, 0.15) is 5.54 Å². The van der Waals surface area contributed by atoms with Gasteiger partial charge in [0.25, 0.3) is 0 Å². The molecule has 0 spiro atoms. The highest BCUT2D eigenvalue weighted by atomic mass is 35.5. The van der Waals surface area contributed by atoms with Crippen LogP contribution in [0.25, 0.3) is 0 Å². The van der Waals surface area contributed by atoms with Crippen LogP contribution < -0.4 is 5.73 Å². The number of methoxy groups -OCH3 is 1. The number of carbonyl (C=O) groups excluding carboxylic acids is 1. The zero-order chi connectivity index (χ0) is 13.3. The Balaban J connectivity index is 2.13. The molecule has 0 saturated heterocycles. The lowest BCUT2D eigenvalue weighted by atomic mass is 10.1. The van der Waals surface area contributed by atoms with Gasteiger partial charge < -0.3 is 10.5 Å². The molecule has 1 aromatic rings. The fourth-order valence-corrected chi connectivity index (χ4v) is 2.14. The predicted octanol–water partition coefficient (Wildman–Crippen LogP) is 1.89. The number of carbonyl (C=O) groups is 1. The second kappa shape index (κ2) is 4.64. The van der Waals surface area contributed by atoms with Gasteiger partial charge in [-0.15, -0.1) is 0 Å². The van der Waals surface area contributed by atoms with Crippen molar-refractivity contribution in [2.24, 2.45) is 11.7 Å². The monoisotopic (exact) mass is 263 g/mol. The van der Waals surface area contributed by atoms with Crippen molar-refractivity contribution >= 4 is 17.6 Å². The molecule has 0 aromatic heterocycles. The maximum Gasteiger partial charge on any atom is 0.327 e. The Bertz CT molecular complexity index is 538. The molecule has 1 aliphatic carbocycles. The van der Waals surface area contributed by atoms with Gasteiger partial charge in [0.05, 0.1) is 13.0 Å². The first-order valence-electron chi connectivity index (χ1n) is 5.62. The second-order valence-corrected chi connectivity index (χ2v) is 5.01. The number of ether oxygens (including phenoxy) is 1. The summed E-state index contributed by atoms with van der Waals surface area (Å²) in [6, 6.07) is 5.60. The smallest absolute Gasteiger partial charge is 0.327 e. The van der Waals surface area contributed by atoms with Crippen LogP contribution in [0.3, 0.4) is 0 Å². The van der Waals surface area contributed by atoms with Gasteiger partial charge in [-0.1, -0.05) is 23.4 Å². The van der Waals surface area contributed by atoms with E-state index in [0.717, 1.165) is 11.1 Å². The number of halogens is 1. The van der Waals surface area contributed by atoms with Crippen LogP contribution in [-0.4, -0.2) is 18.6 Å². The van der Waals surface area contributed by atoms with E-state index in [-0.39, 0.29) is 5.92 Å². The number of aryl methyl sites for hydroxylation is 1. The summed E-state index contributed by atoms with van der Waals surface area (Å²) in [7, 11) is 1.33. The van der Waals surface area contributed by atoms with Crippen molar-refractivity contribution in [3.63, 3.8) is 0 Å². The van der Waals surface area contributed by atoms with Gasteiger partial charge in [0, 0.05) is 10.6 Å². The van der Waals surface area contributed by atoms with E-state index in [2.05, 4.69) is 16.6 Å². The number of hydrogen-bond acceptors (Lipinski definition) is 3. The Labute approximate surface area is 111 Å². The van der Waals surface area contributed by atoms with Crippen molar-refractivity contribution in [3.8, 4) is 11.8 Å². The van der Waals surface area contributed by atoms with E-state index >= 15 is 0 Å². The van der Waals surface area contributed by atoms with Crippen LogP contribution in [0.2, 0.25) is 5.02 Å².